The summed E-state index contributed by atoms with van der Waals surface area (Å²) < 4.78 is 7.23. The number of aromatic nitrogens is 3. The van der Waals surface area contributed by atoms with Crippen molar-refractivity contribution in [2.24, 2.45) is 0 Å². The van der Waals surface area contributed by atoms with Crippen LogP contribution in [0, 0.1) is 0 Å². The molecule has 0 saturated heterocycles. The third kappa shape index (κ3) is 3.57. The van der Waals surface area contributed by atoms with E-state index < -0.39 is 5.56 Å². The summed E-state index contributed by atoms with van der Waals surface area (Å²) in [6, 6.07) is 16.5. The molecule has 4 aromatic rings. The van der Waals surface area contributed by atoms with Crippen LogP contribution in [0.1, 0.15) is 18.9 Å². The molecule has 6 nitrogen and oxygen atoms in total. The van der Waals surface area contributed by atoms with Crippen molar-refractivity contribution in [1.29, 1.82) is 0 Å². The zero-order chi connectivity index (χ0) is 19.5. The Morgan fingerprint density at radius 3 is 2.54 bits per heavy atom. The molecule has 0 bridgehead atoms. The highest BCUT2D eigenvalue weighted by Crippen LogP contribution is 2.14. The zero-order valence-corrected chi connectivity index (χ0v) is 16.0. The molecule has 2 aromatic carbocycles. The van der Waals surface area contributed by atoms with Crippen LogP contribution in [0.2, 0.25) is 0 Å². The van der Waals surface area contributed by atoms with Crippen LogP contribution in [0.3, 0.4) is 0 Å². The Hall–Kier alpha value is -3.32. The maximum atomic E-state index is 12.7. The van der Waals surface area contributed by atoms with Crippen LogP contribution in [0.5, 0.6) is 5.75 Å². The number of fused-ring (bicyclic) bond motifs is 1. The zero-order valence-electron chi connectivity index (χ0n) is 15.2. The monoisotopic (exact) mass is 391 g/mol. The molecule has 0 fully saturated rings. The number of benzene rings is 2. The van der Waals surface area contributed by atoms with Crippen LogP contribution in [0.4, 0.5) is 0 Å². The van der Waals surface area contributed by atoms with Crippen LogP contribution >= 0.6 is 11.3 Å². The average Bonchev–Trinajstić information content (AvgIpc) is 3.02. The maximum Gasteiger partial charge on any atom is 0.300 e. The van der Waals surface area contributed by atoms with E-state index in [1.165, 1.54) is 4.52 Å². The molecule has 28 heavy (non-hydrogen) atoms. The van der Waals surface area contributed by atoms with E-state index in [-0.39, 0.29) is 16.2 Å². The summed E-state index contributed by atoms with van der Waals surface area (Å²) in [7, 11) is 0. The van der Waals surface area contributed by atoms with Crippen LogP contribution in [-0.2, 0) is 0 Å². The Morgan fingerprint density at radius 2 is 1.82 bits per heavy atom. The molecule has 0 aliphatic rings. The van der Waals surface area contributed by atoms with Crippen LogP contribution in [0.15, 0.2) is 64.2 Å². The highest BCUT2D eigenvalue weighted by molar-refractivity contribution is 7.15. The van der Waals surface area contributed by atoms with Crippen molar-refractivity contribution in [2.75, 3.05) is 6.61 Å². The Morgan fingerprint density at radius 1 is 1.07 bits per heavy atom. The van der Waals surface area contributed by atoms with E-state index in [1.807, 2.05) is 42.5 Å². The molecule has 0 amide bonds. The Labute approximate surface area is 164 Å². The second kappa shape index (κ2) is 7.74. The first-order valence-corrected chi connectivity index (χ1v) is 9.71. The quantitative estimate of drug-likeness (QED) is 0.523. The molecule has 0 aliphatic carbocycles. The lowest BCUT2D eigenvalue weighted by atomic mass is 10.2. The normalized spacial score (nSPS) is 11.8. The van der Waals surface area contributed by atoms with Gasteiger partial charge < -0.3 is 4.74 Å². The van der Waals surface area contributed by atoms with Gasteiger partial charge in [-0.15, -0.1) is 0 Å². The van der Waals surface area contributed by atoms with Gasteiger partial charge in [-0.05, 0) is 30.2 Å². The molecule has 0 spiro atoms. The van der Waals surface area contributed by atoms with Gasteiger partial charge in [-0.3, -0.25) is 9.59 Å². The topological polar surface area (TPSA) is 73.6 Å². The number of hydrogen-bond acceptors (Lipinski definition) is 6. The Bertz CT molecular complexity index is 1280. The van der Waals surface area contributed by atoms with Crippen LogP contribution in [0.25, 0.3) is 22.3 Å². The highest BCUT2D eigenvalue weighted by Gasteiger charge is 2.12. The fourth-order valence-corrected chi connectivity index (χ4v) is 3.62. The smallest absolute Gasteiger partial charge is 0.300 e. The molecule has 0 atom stereocenters. The van der Waals surface area contributed by atoms with Crippen molar-refractivity contribution < 1.29 is 4.74 Å². The predicted octanol–water partition coefficient (Wildman–Crippen LogP) is 2.51. The van der Waals surface area contributed by atoms with Crippen molar-refractivity contribution in [3.05, 3.63) is 85.4 Å². The second-order valence-electron chi connectivity index (χ2n) is 6.16. The molecule has 7 heteroatoms. The van der Waals surface area contributed by atoms with E-state index in [0.717, 1.165) is 29.1 Å². The summed E-state index contributed by atoms with van der Waals surface area (Å²) in [5.41, 5.74) is 0.913. The molecule has 2 aromatic heterocycles. The van der Waals surface area contributed by atoms with Crippen molar-refractivity contribution in [3.63, 3.8) is 0 Å². The SMILES string of the molecule is CCCOc1ccc(/C=c2\sc3nc(=O)c(-c4ccccc4)nn3c2=O)cc1. The van der Waals surface area contributed by atoms with Crippen LogP contribution < -0.4 is 20.4 Å². The lowest BCUT2D eigenvalue weighted by molar-refractivity contribution is 0.317. The van der Waals surface area contributed by atoms with Crippen molar-refractivity contribution >= 4 is 22.4 Å². The van der Waals surface area contributed by atoms with E-state index >= 15 is 0 Å². The minimum Gasteiger partial charge on any atom is -0.494 e. The first-order chi connectivity index (χ1) is 13.7. The summed E-state index contributed by atoms with van der Waals surface area (Å²) >= 11 is 1.14. The van der Waals surface area contributed by atoms with Gasteiger partial charge in [0, 0.05) is 5.56 Å². The lowest BCUT2D eigenvalue weighted by Gasteiger charge is -2.03. The third-order valence-electron chi connectivity index (χ3n) is 4.08. The van der Waals surface area contributed by atoms with Gasteiger partial charge in [-0.25, -0.2) is 0 Å². The molecule has 0 unspecified atom stereocenters. The molecule has 0 saturated carbocycles. The number of hydrogen-bond donors (Lipinski definition) is 0. The molecule has 0 radical (unpaired) electrons. The summed E-state index contributed by atoms with van der Waals surface area (Å²) in [5, 5.41) is 4.25. The molecule has 0 N–H and O–H groups in total. The fraction of sp³-hybridized carbons (Fsp3) is 0.143. The summed E-state index contributed by atoms with van der Waals surface area (Å²) in [4.78, 5) is 29.4. The Balaban J connectivity index is 1.77. The number of nitrogens with zero attached hydrogens (tertiary/aromatic N) is 3. The average molecular weight is 391 g/mol. The van der Waals surface area contributed by atoms with Gasteiger partial charge in [0.1, 0.15) is 5.75 Å². The van der Waals surface area contributed by atoms with Gasteiger partial charge >= 0.3 is 5.56 Å². The number of thiazole rings is 1. The lowest BCUT2D eigenvalue weighted by Crippen LogP contribution is -2.26. The predicted molar refractivity (Wildman–Crippen MR) is 110 cm³/mol. The first kappa shape index (κ1) is 18.1. The van der Waals surface area contributed by atoms with E-state index in [4.69, 9.17) is 4.74 Å². The number of rotatable bonds is 5. The molecular formula is C21H17N3O3S. The number of ether oxygens (including phenoxy) is 1. The van der Waals surface area contributed by atoms with Gasteiger partial charge in [0.05, 0.1) is 11.1 Å². The van der Waals surface area contributed by atoms with Gasteiger partial charge in [0.2, 0.25) is 4.96 Å². The molecule has 4 rings (SSSR count). The van der Waals surface area contributed by atoms with Gasteiger partial charge in [-0.1, -0.05) is 60.7 Å². The largest absolute Gasteiger partial charge is 0.494 e. The van der Waals surface area contributed by atoms with E-state index in [2.05, 4.69) is 17.0 Å². The summed E-state index contributed by atoms with van der Waals surface area (Å²) in [6.45, 7) is 2.72. The van der Waals surface area contributed by atoms with Crippen molar-refractivity contribution in [1.82, 2.24) is 14.6 Å². The minimum atomic E-state index is -0.448. The fourth-order valence-electron chi connectivity index (χ4n) is 2.72. The first-order valence-electron chi connectivity index (χ1n) is 8.89. The van der Waals surface area contributed by atoms with Crippen molar-refractivity contribution in [2.45, 2.75) is 13.3 Å². The third-order valence-corrected chi connectivity index (χ3v) is 5.04. The molecular weight excluding hydrogens is 374 g/mol. The van der Waals surface area contributed by atoms with Crippen molar-refractivity contribution in [3.8, 4) is 17.0 Å². The van der Waals surface area contributed by atoms with Gasteiger partial charge in [0.25, 0.3) is 5.56 Å². The minimum absolute atomic E-state index is 0.164. The summed E-state index contributed by atoms with van der Waals surface area (Å²) in [6.07, 6.45) is 2.71. The molecule has 2 heterocycles. The summed E-state index contributed by atoms with van der Waals surface area (Å²) in [5.74, 6) is 0.791. The molecule has 0 aliphatic heterocycles. The van der Waals surface area contributed by atoms with E-state index in [0.29, 0.717) is 16.7 Å². The molecule has 140 valence electrons. The van der Waals surface area contributed by atoms with Gasteiger partial charge in [-0.2, -0.15) is 14.6 Å². The van der Waals surface area contributed by atoms with Gasteiger partial charge in [0.15, 0.2) is 5.69 Å². The standard InChI is InChI=1S/C21H17N3O3S/c1-2-12-27-16-10-8-14(9-11-16)13-17-20(26)24-21(28-17)22-19(25)18(23-24)15-6-4-3-5-7-15/h3-11,13H,2,12H2,1H3/b17-13-. The van der Waals surface area contributed by atoms with E-state index in [1.54, 1.807) is 18.2 Å². The maximum absolute atomic E-state index is 12.7. The Kier molecular flexibility index (Phi) is 4.99. The second-order valence-corrected chi connectivity index (χ2v) is 7.17. The highest BCUT2D eigenvalue weighted by atomic mass is 32.1. The van der Waals surface area contributed by atoms with E-state index in [9.17, 15) is 9.59 Å². The van der Waals surface area contributed by atoms with Crippen LogP contribution in [-0.4, -0.2) is 21.2 Å².